The number of halogens is 1. The number of carbonyl (C=O) groups is 1. The highest BCUT2D eigenvalue weighted by Crippen LogP contribution is 2.26. The summed E-state index contributed by atoms with van der Waals surface area (Å²) in [5.74, 6) is -1.06. The molecular formula is C11H13FO3. The van der Waals surface area contributed by atoms with Gasteiger partial charge in [0.2, 0.25) is 0 Å². The molecule has 0 saturated carbocycles. The summed E-state index contributed by atoms with van der Waals surface area (Å²) in [5.41, 5.74) is -2.36. The number of aliphatic hydroxyl groups excluding tert-OH is 1. The minimum Gasteiger partial charge on any atom is -0.463 e. The summed E-state index contributed by atoms with van der Waals surface area (Å²) >= 11 is 0. The molecule has 0 aliphatic heterocycles. The number of aliphatic hydroxyl groups is 1. The van der Waals surface area contributed by atoms with Crippen LogP contribution >= 0.6 is 0 Å². The number of hydrogen-bond acceptors (Lipinski definition) is 3. The van der Waals surface area contributed by atoms with Crippen LogP contribution in [0.25, 0.3) is 0 Å². The first kappa shape index (κ1) is 11.7. The van der Waals surface area contributed by atoms with Crippen LogP contribution in [-0.2, 0) is 15.2 Å². The first-order valence-electron chi connectivity index (χ1n) is 4.67. The van der Waals surface area contributed by atoms with Crippen LogP contribution in [-0.4, -0.2) is 24.3 Å². The van der Waals surface area contributed by atoms with Crippen molar-refractivity contribution in [3.63, 3.8) is 0 Å². The van der Waals surface area contributed by atoms with Crippen molar-refractivity contribution in [3.8, 4) is 0 Å². The van der Waals surface area contributed by atoms with Gasteiger partial charge in [0.1, 0.15) is 0 Å². The molecule has 0 spiro atoms. The van der Waals surface area contributed by atoms with Gasteiger partial charge in [-0.15, -0.1) is 0 Å². The minimum atomic E-state index is -2.46. The van der Waals surface area contributed by atoms with Crippen molar-refractivity contribution >= 4 is 5.97 Å². The molecule has 1 unspecified atom stereocenters. The summed E-state index contributed by atoms with van der Waals surface area (Å²) in [5, 5.41) is 8.96. The molecule has 1 rings (SSSR count). The summed E-state index contributed by atoms with van der Waals surface area (Å²) in [6.45, 7) is 0.744. The molecule has 1 atom stereocenters. The van der Waals surface area contributed by atoms with E-state index in [1.165, 1.54) is 12.1 Å². The third kappa shape index (κ3) is 2.33. The lowest BCUT2D eigenvalue weighted by Crippen LogP contribution is -2.36. The van der Waals surface area contributed by atoms with Crippen LogP contribution in [0.15, 0.2) is 30.3 Å². The molecule has 0 fully saturated rings. The molecule has 4 heteroatoms. The van der Waals surface area contributed by atoms with Crippen LogP contribution in [0, 0.1) is 0 Å². The fourth-order valence-electron chi connectivity index (χ4n) is 1.22. The Hall–Kier alpha value is -1.42. The van der Waals surface area contributed by atoms with E-state index in [1.54, 1.807) is 25.1 Å². The van der Waals surface area contributed by atoms with Crippen LogP contribution in [0.4, 0.5) is 4.39 Å². The second-order valence-corrected chi connectivity index (χ2v) is 3.05. The van der Waals surface area contributed by atoms with Gasteiger partial charge in [0, 0.05) is 5.56 Å². The largest absolute Gasteiger partial charge is 0.463 e. The fraction of sp³-hybridized carbons (Fsp3) is 0.364. The van der Waals surface area contributed by atoms with E-state index in [4.69, 9.17) is 5.11 Å². The molecule has 1 N–H and O–H groups in total. The summed E-state index contributed by atoms with van der Waals surface area (Å²) in [6.07, 6.45) is 0. The molecule has 82 valence electrons. The highest BCUT2D eigenvalue weighted by atomic mass is 19.1. The summed E-state index contributed by atoms with van der Waals surface area (Å²) < 4.78 is 18.7. The lowest BCUT2D eigenvalue weighted by atomic mass is 9.97. The molecule has 0 aromatic heterocycles. The van der Waals surface area contributed by atoms with E-state index in [9.17, 15) is 9.18 Å². The van der Waals surface area contributed by atoms with Gasteiger partial charge in [0.25, 0.3) is 5.67 Å². The van der Waals surface area contributed by atoms with E-state index in [0.29, 0.717) is 0 Å². The Morgan fingerprint density at radius 3 is 2.53 bits per heavy atom. The van der Waals surface area contributed by atoms with Crippen molar-refractivity contribution < 1.29 is 19.0 Å². The molecule has 0 saturated heterocycles. The zero-order valence-corrected chi connectivity index (χ0v) is 8.44. The van der Waals surface area contributed by atoms with Crippen LogP contribution in [0.5, 0.6) is 0 Å². The topological polar surface area (TPSA) is 46.5 Å². The van der Waals surface area contributed by atoms with E-state index in [2.05, 4.69) is 4.74 Å². The maximum absolute atomic E-state index is 14.1. The number of benzene rings is 1. The molecule has 0 radical (unpaired) electrons. The maximum atomic E-state index is 14.1. The van der Waals surface area contributed by atoms with E-state index in [-0.39, 0.29) is 12.2 Å². The highest BCUT2D eigenvalue weighted by Gasteiger charge is 2.41. The lowest BCUT2D eigenvalue weighted by Gasteiger charge is -2.20. The smallest absolute Gasteiger partial charge is 0.351 e. The molecule has 1 aromatic carbocycles. The monoisotopic (exact) mass is 212 g/mol. The number of ether oxygens (including phenoxy) is 1. The average molecular weight is 212 g/mol. The van der Waals surface area contributed by atoms with Crippen molar-refractivity contribution in [1.29, 1.82) is 0 Å². The van der Waals surface area contributed by atoms with Crippen molar-refractivity contribution in [2.45, 2.75) is 12.6 Å². The van der Waals surface area contributed by atoms with Crippen LogP contribution in [0.3, 0.4) is 0 Å². The molecule has 0 bridgehead atoms. The number of hydrogen-bond donors (Lipinski definition) is 1. The van der Waals surface area contributed by atoms with Gasteiger partial charge in [-0.05, 0) is 6.92 Å². The highest BCUT2D eigenvalue weighted by molar-refractivity contribution is 5.81. The first-order valence-corrected chi connectivity index (χ1v) is 4.67. The van der Waals surface area contributed by atoms with Gasteiger partial charge >= 0.3 is 5.97 Å². The zero-order chi connectivity index (χ0) is 11.3. The Balaban J connectivity index is 3.00. The molecule has 3 nitrogen and oxygen atoms in total. The summed E-state index contributed by atoms with van der Waals surface area (Å²) in [7, 11) is 0. The van der Waals surface area contributed by atoms with Gasteiger partial charge < -0.3 is 9.84 Å². The normalized spacial score (nSPS) is 14.3. The molecule has 0 amide bonds. The van der Waals surface area contributed by atoms with Crippen molar-refractivity contribution in [1.82, 2.24) is 0 Å². The molecule has 0 aliphatic carbocycles. The lowest BCUT2D eigenvalue weighted by molar-refractivity contribution is -0.161. The Bertz CT molecular complexity index is 326. The number of rotatable bonds is 4. The standard InChI is InChI=1S/C11H13FO3/c1-2-15-10(14)11(12,8-13)9-6-4-3-5-7-9/h3-7,13H,2,8H2,1H3. The summed E-state index contributed by atoms with van der Waals surface area (Å²) in [4.78, 5) is 11.3. The Morgan fingerprint density at radius 2 is 2.07 bits per heavy atom. The molecule has 15 heavy (non-hydrogen) atoms. The van der Waals surface area contributed by atoms with Gasteiger partial charge in [0.05, 0.1) is 13.2 Å². The first-order chi connectivity index (χ1) is 7.15. The second-order valence-electron chi connectivity index (χ2n) is 3.05. The molecule has 0 heterocycles. The predicted molar refractivity (Wildman–Crippen MR) is 52.9 cm³/mol. The van der Waals surface area contributed by atoms with Crippen LogP contribution < -0.4 is 0 Å². The van der Waals surface area contributed by atoms with Gasteiger partial charge in [-0.25, -0.2) is 9.18 Å². The third-order valence-corrected chi connectivity index (χ3v) is 2.05. The van der Waals surface area contributed by atoms with Gasteiger partial charge in [-0.3, -0.25) is 0 Å². The Kier molecular flexibility index (Phi) is 3.80. The minimum absolute atomic E-state index is 0.0807. The average Bonchev–Trinajstić information content (AvgIpc) is 2.29. The number of carbonyl (C=O) groups excluding carboxylic acids is 1. The quantitative estimate of drug-likeness (QED) is 0.767. The maximum Gasteiger partial charge on any atom is 0.351 e. The molecule has 0 aliphatic rings. The zero-order valence-electron chi connectivity index (χ0n) is 8.44. The van der Waals surface area contributed by atoms with Crippen molar-refractivity contribution in [2.24, 2.45) is 0 Å². The third-order valence-electron chi connectivity index (χ3n) is 2.05. The van der Waals surface area contributed by atoms with Crippen molar-refractivity contribution in [2.75, 3.05) is 13.2 Å². The Labute approximate surface area is 87.5 Å². The summed E-state index contributed by atoms with van der Waals surface area (Å²) in [6, 6.07) is 7.77. The van der Waals surface area contributed by atoms with Crippen molar-refractivity contribution in [3.05, 3.63) is 35.9 Å². The van der Waals surface area contributed by atoms with Gasteiger partial charge in [-0.1, -0.05) is 30.3 Å². The molecular weight excluding hydrogens is 199 g/mol. The van der Waals surface area contributed by atoms with E-state index in [1.807, 2.05) is 0 Å². The van der Waals surface area contributed by atoms with Crippen LogP contribution in [0.2, 0.25) is 0 Å². The van der Waals surface area contributed by atoms with E-state index in [0.717, 1.165) is 0 Å². The Morgan fingerprint density at radius 1 is 1.47 bits per heavy atom. The number of alkyl halides is 1. The number of esters is 1. The predicted octanol–water partition coefficient (Wildman–Crippen LogP) is 1.41. The fourth-order valence-corrected chi connectivity index (χ4v) is 1.22. The van der Waals surface area contributed by atoms with Crippen LogP contribution in [0.1, 0.15) is 12.5 Å². The van der Waals surface area contributed by atoms with Gasteiger partial charge in [-0.2, -0.15) is 0 Å². The second kappa shape index (κ2) is 4.89. The van der Waals surface area contributed by atoms with E-state index < -0.39 is 18.2 Å². The van der Waals surface area contributed by atoms with Gasteiger partial charge in [0.15, 0.2) is 0 Å². The van der Waals surface area contributed by atoms with E-state index >= 15 is 0 Å². The SMILES string of the molecule is CCOC(=O)C(F)(CO)c1ccccc1. The molecule has 1 aromatic rings.